The van der Waals surface area contributed by atoms with Gasteiger partial charge in [-0.2, -0.15) is 0 Å². The fourth-order valence-electron chi connectivity index (χ4n) is 7.87. The molecule has 338 valence electrons. The van der Waals surface area contributed by atoms with Gasteiger partial charge in [0, 0.05) is 12.8 Å². The van der Waals surface area contributed by atoms with Crippen molar-refractivity contribution in [3.05, 3.63) is 12.2 Å². The molecule has 0 fully saturated rings. The van der Waals surface area contributed by atoms with Crippen molar-refractivity contribution in [2.75, 3.05) is 13.2 Å². The smallest absolute Gasteiger partial charge is 0.305 e. The molecule has 0 saturated carbocycles. The summed E-state index contributed by atoms with van der Waals surface area (Å²) in [4.78, 5) is 24.4. The Morgan fingerprint density at radius 3 is 1.28 bits per heavy atom. The summed E-state index contributed by atoms with van der Waals surface area (Å²) < 4.78 is 5.44. The third kappa shape index (κ3) is 44.0. The summed E-state index contributed by atoms with van der Waals surface area (Å²) >= 11 is 0. The van der Waals surface area contributed by atoms with Gasteiger partial charge >= 0.3 is 5.97 Å². The lowest BCUT2D eigenvalue weighted by Gasteiger charge is -2.22. The molecule has 2 unspecified atom stereocenters. The maximum absolute atomic E-state index is 12.4. The Kier molecular flexibility index (Phi) is 46.1. The van der Waals surface area contributed by atoms with Gasteiger partial charge < -0.3 is 20.3 Å². The Morgan fingerprint density at radius 2 is 0.825 bits per heavy atom. The second kappa shape index (κ2) is 47.3. The molecule has 0 aliphatic heterocycles. The zero-order valence-electron chi connectivity index (χ0n) is 38.3. The first-order valence-electron chi connectivity index (χ1n) is 25.4. The minimum Gasteiger partial charge on any atom is -0.466 e. The number of carbonyl (C=O) groups is 2. The number of allylic oxidation sites excluding steroid dienone is 2. The summed E-state index contributed by atoms with van der Waals surface area (Å²) in [5, 5.41) is 23.2. The number of hydrogen-bond donors (Lipinski definition) is 3. The molecule has 3 N–H and O–H groups in total. The van der Waals surface area contributed by atoms with Crippen LogP contribution < -0.4 is 5.32 Å². The van der Waals surface area contributed by atoms with Crippen LogP contribution in [0.5, 0.6) is 0 Å². The molecule has 0 saturated heterocycles. The lowest BCUT2D eigenvalue weighted by Crippen LogP contribution is -2.45. The van der Waals surface area contributed by atoms with E-state index in [9.17, 15) is 19.8 Å². The fourth-order valence-corrected chi connectivity index (χ4v) is 7.87. The molecule has 0 spiro atoms. The molecule has 0 aliphatic rings. The molecule has 6 heteroatoms. The number of nitrogens with one attached hydrogen (secondary N) is 1. The monoisotopic (exact) mass is 806 g/mol. The summed E-state index contributed by atoms with van der Waals surface area (Å²) in [6.07, 6.45) is 53.1. The van der Waals surface area contributed by atoms with E-state index < -0.39 is 12.1 Å². The number of esters is 1. The highest BCUT2D eigenvalue weighted by Gasteiger charge is 2.20. The first-order chi connectivity index (χ1) is 28.0. The van der Waals surface area contributed by atoms with Crippen molar-refractivity contribution in [1.29, 1.82) is 0 Å². The van der Waals surface area contributed by atoms with Crippen molar-refractivity contribution in [1.82, 2.24) is 5.32 Å². The zero-order chi connectivity index (χ0) is 41.5. The molecule has 0 aliphatic carbocycles. The van der Waals surface area contributed by atoms with Gasteiger partial charge in [-0.3, -0.25) is 9.59 Å². The molecule has 0 radical (unpaired) electrons. The minimum absolute atomic E-state index is 0.0233. The van der Waals surface area contributed by atoms with Crippen molar-refractivity contribution in [2.24, 2.45) is 0 Å². The molecule has 6 nitrogen and oxygen atoms in total. The van der Waals surface area contributed by atoms with Crippen molar-refractivity contribution in [3.63, 3.8) is 0 Å². The number of ether oxygens (including phenoxy) is 1. The van der Waals surface area contributed by atoms with Crippen molar-refractivity contribution in [3.8, 4) is 0 Å². The standard InChI is InChI=1S/C51H99NO5/c1-3-5-7-9-11-13-15-17-18-19-20-21-23-27-31-35-39-43-49(54)48(47-53)52-50(55)44-40-36-32-28-24-22-26-30-34-38-42-46-57-51(56)45-41-37-33-29-25-16-14-12-10-8-6-4-2/h12,14,48-49,53-54H,3-11,13,15-47H2,1-2H3,(H,52,55)/b14-12-. The van der Waals surface area contributed by atoms with Crippen molar-refractivity contribution >= 4 is 11.9 Å². The van der Waals surface area contributed by atoms with E-state index in [-0.39, 0.29) is 18.5 Å². The lowest BCUT2D eigenvalue weighted by molar-refractivity contribution is -0.143. The highest BCUT2D eigenvalue weighted by Crippen LogP contribution is 2.17. The van der Waals surface area contributed by atoms with Gasteiger partial charge in [-0.1, -0.05) is 225 Å². The number of unbranched alkanes of at least 4 members (excludes halogenated alkanes) is 34. The van der Waals surface area contributed by atoms with Gasteiger partial charge in [0.1, 0.15) is 0 Å². The van der Waals surface area contributed by atoms with Gasteiger partial charge in [-0.25, -0.2) is 0 Å². The minimum atomic E-state index is -0.676. The van der Waals surface area contributed by atoms with E-state index in [1.165, 1.54) is 186 Å². The Labute approximate surface area is 355 Å². The van der Waals surface area contributed by atoms with Crippen LogP contribution in [0.1, 0.15) is 277 Å². The molecular weight excluding hydrogens is 707 g/mol. The van der Waals surface area contributed by atoms with Crippen molar-refractivity contribution in [2.45, 2.75) is 289 Å². The maximum Gasteiger partial charge on any atom is 0.305 e. The zero-order valence-corrected chi connectivity index (χ0v) is 38.3. The van der Waals surface area contributed by atoms with Crippen LogP contribution in [0, 0.1) is 0 Å². The average Bonchev–Trinajstić information content (AvgIpc) is 3.21. The van der Waals surface area contributed by atoms with Gasteiger partial charge in [0.25, 0.3) is 0 Å². The van der Waals surface area contributed by atoms with E-state index in [0.717, 1.165) is 57.8 Å². The predicted octanol–water partition coefficient (Wildman–Crippen LogP) is 15.0. The third-order valence-electron chi connectivity index (χ3n) is 11.8. The van der Waals surface area contributed by atoms with Crippen LogP contribution in [0.15, 0.2) is 12.2 Å². The molecule has 0 aromatic rings. The highest BCUT2D eigenvalue weighted by molar-refractivity contribution is 5.76. The quantitative estimate of drug-likeness (QED) is 0.0323. The van der Waals surface area contributed by atoms with Crippen molar-refractivity contribution < 1.29 is 24.5 Å². The average molecular weight is 806 g/mol. The maximum atomic E-state index is 12.4. The Balaban J connectivity index is 3.48. The van der Waals surface area contributed by atoms with Crippen LogP contribution in [0.25, 0.3) is 0 Å². The number of hydrogen-bond acceptors (Lipinski definition) is 5. The second-order valence-corrected chi connectivity index (χ2v) is 17.5. The molecule has 0 rings (SSSR count). The molecule has 1 amide bonds. The summed E-state index contributed by atoms with van der Waals surface area (Å²) in [5.41, 5.74) is 0. The number of aliphatic hydroxyl groups excluding tert-OH is 2. The molecule has 0 bridgehead atoms. The number of rotatable bonds is 47. The lowest BCUT2D eigenvalue weighted by atomic mass is 10.0. The van der Waals surface area contributed by atoms with E-state index in [0.29, 0.717) is 25.9 Å². The summed E-state index contributed by atoms with van der Waals surface area (Å²) in [6, 6.07) is -0.555. The largest absolute Gasteiger partial charge is 0.466 e. The van der Waals surface area contributed by atoms with Gasteiger partial charge in [-0.05, 0) is 51.4 Å². The van der Waals surface area contributed by atoms with E-state index in [4.69, 9.17) is 4.74 Å². The Bertz CT molecular complexity index is 847. The SMILES string of the molecule is CCCCC/C=C\CCCCCCCC(=O)OCCCCCCCCCCCCCC(=O)NC(CO)C(O)CCCCCCCCCCCCCCCCCCC. The van der Waals surface area contributed by atoms with Gasteiger partial charge in [0.2, 0.25) is 5.91 Å². The summed E-state index contributed by atoms with van der Waals surface area (Å²) in [7, 11) is 0. The van der Waals surface area contributed by atoms with Gasteiger partial charge in [0.05, 0.1) is 25.4 Å². The van der Waals surface area contributed by atoms with Crippen LogP contribution in [0.3, 0.4) is 0 Å². The fraction of sp³-hybridized carbons (Fsp3) is 0.922. The molecule has 0 heterocycles. The van der Waals surface area contributed by atoms with E-state index in [1.54, 1.807) is 0 Å². The summed E-state index contributed by atoms with van der Waals surface area (Å²) in [6.45, 7) is 4.89. The predicted molar refractivity (Wildman–Crippen MR) is 246 cm³/mol. The van der Waals surface area contributed by atoms with Gasteiger partial charge in [-0.15, -0.1) is 0 Å². The summed E-state index contributed by atoms with van der Waals surface area (Å²) in [5.74, 6) is -0.0760. The Hall–Kier alpha value is -1.40. The van der Waals surface area contributed by atoms with Crippen LogP contribution >= 0.6 is 0 Å². The van der Waals surface area contributed by atoms with E-state index >= 15 is 0 Å². The number of aliphatic hydroxyl groups is 2. The van der Waals surface area contributed by atoms with Gasteiger partial charge in [0.15, 0.2) is 0 Å². The normalized spacial score (nSPS) is 12.7. The Morgan fingerprint density at radius 1 is 0.474 bits per heavy atom. The van der Waals surface area contributed by atoms with E-state index in [1.807, 2.05) is 0 Å². The third-order valence-corrected chi connectivity index (χ3v) is 11.8. The van der Waals surface area contributed by atoms with Crippen LogP contribution in [-0.4, -0.2) is 47.4 Å². The van der Waals surface area contributed by atoms with Crippen LogP contribution in [0.4, 0.5) is 0 Å². The molecule has 57 heavy (non-hydrogen) atoms. The highest BCUT2D eigenvalue weighted by atomic mass is 16.5. The van der Waals surface area contributed by atoms with Crippen LogP contribution in [0.2, 0.25) is 0 Å². The molecule has 0 aromatic heterocycles. The molecular formula is C51H99NO5. The second-order valence-electron chi connectivity index (χ2n) is 17.5. The van der Waals surface area contributed by atoms with Crippen LogP contribution in [-0.2, 0) is 14.3 Å². The number of carbonyl (C=O) groups excluding carboxylic acids is 2. The molecule has 2 atom stereocenters. The van der Waals surface area contributed by atoms with E-state index in [2.05, 4.69) is 31.3 Å². The first-order valence-corrected chi connectivity index (χ1v) is 25.4. The number of amides is 1. The topological polar surface area (TPSA) is 95.9 Å². The first kappa shape index (κ1) is 55.6. The molecule has 0 aromatic carbocycles.